The molecule has 1 aliphatic rings. The molecule has 25 heavy (non-hydrogen) atoms. The zero-order valence-electron chi connectivity index (χ0n) is 14.2. The van der Waals surface area contributed by atoms with Gasteiger partial charge in [-0.25, -0.2) is 0 Å². The number of rotatable bonds is 3. The number of carbonyl (C=O) groups is 1. The summed E-state index contributed by atoms with van der Waals surface area (Å²) in [7, 11) is -3.90. The van der Waals surface area contributed by atoms with Crippen LogP contribution < -0.4 is 0 Å². The molecule has 0 saturated carbocycles. The third-order valence-corrected chi connectivity index (χ3v) is 8.86. The Balaban J connectivity index is 2.70. The molecule has 0 spiro atoms. The van der Waals surface area contributed by atoms with E-state index in [2.05, 4.69) is 52.2 Å². The molecule has 0 aliphatic heterocycles. The van der Waals surface area contributed by atoms with Crippen molar-refractivity contribution in [2.75, 3.05) is 0 Å². The lowest BCUT2D eigenvalue weighted by Gasteiger charge is -2.35. The van der Waals surface area contributed by atoms with E-state index in [9.17, 15) is 13.2 Å². The number of Topliss-reactive ketones (excluding diaryl/α,β-unsaturated/α-hetero) is 1. The maximum atomic E-state index is 12.8. The number of benzene rings is 1. The van der Waals surface area contributed by atoms with Crippen LogP contribution in [0, 0.1) is 12.8 Å². The molecule has 0 bridgehead atoms. The van der Waals surface area contributed by atoms with E-state index in [1.54, 1.807) is 19.1 Å². The normalized spacial score (nSPS) is 26.6. The Labute approximate surface area is 173 Å². The molecule has 0 aromatic heterocycles. The molecule has 1 aromatic rings. The van der Waals surface area contributed by atoms with Crippen molar-refractivity contribution in [3.63, 3.8) is 0 Å². The first-order valence-electron chi connectivity index (χ1n) is 7.59. The van der Waals surface area contributed by atoms with Crippen molar-refractivity contribution >= 4 is 69.3 Å². The number of aryl methyl sites for hydroxylation is 1. The van der Waals surface area contributed by atoms with Crippen molar-refractivity contribution in [2.45, 2.75) is 41.7 Å². The molecule has 2 rings (SSSR count). The van der Waals surface area contributed by atoms with Crippen molar-refractivity contribution in [3.8, 4) is 0 Å². The highest BCUT2D eigenvalue weighted by Crippen LogP contribution is 2.43. The van der Waals surface area contributed by atoms with Crippen LogP contribution >= 0.6 is 47.8 Å². The zero-order chi connectivity index (χ0) is 19.2. The molecule has 0 fully saturated rings. The molecular weight excluding hydrogens is 538 g/mol. The van der Waals surface area contributed by atoms with Crippen molar-refractivity contribution in [2.24, 2.45) is 10.3 Å². The molecule has 0 N–H and O–H groups in total. The highest BCUT2D eigenvalue weighted by atomic mass is 79.9. The van der Waals surface area contributed by atoms with Gasteiger partial charge in [0, 0.05) is 0 Å². The summed E-state index contributed by atoms with van der Waals surface area (Å²) < 4.78 is 29.0. The number of hydrogen-bond donors (Lipinski definition) is 0. The van der Waals surface area contributed by atoms with Crippen LogP contribution in [0.15, 0.2) is 43.6 Å². The highest BCUT2D eigenvalue weighted by Gasteiger charge is 2.48. The van der Waals surface area contributed by atoms with Gasteiger partial charge in [0.15, 0.2) is 5.78 Å². The van der Waals surface area contributed by atoms with Crippen LogP contribution in [-0.2, 0) is 14.8 Å². The molecule has 8 heteroatoms. The van der Waals surface area contributed by atoms with Gasteiger partial charge in [0.25, 0.3) is 10.0 Å². The van der Waals surface area contributed by atoms with E-state index in [-0.39, 0.29) is 16.6 Å². The minimum absolute atomic E-state index is 0.0751. The van der Waals surface area contributed by atoms with E-state index in [1.165, 1.54) is 12.1 Å². The molecule has 0 amide bonds. The summed E-state index contributed by atoms with van der Waals surface area (Å²) >= 11 is 10.2. The fourth-order valence-electron chi connectivity index (χ4n) is 2.49. The van der Waals surface area contributed by atoms with Crippen molar-refractivity contribution in [1.82, 2.24) is 0 Å². The Morgan fingerprint density at radius 1 is 1.20 bits per heavy atom. The predicted octanol–water partition coefficient (Wildman–Crippen LogP) is 4.93. The average Bonchev–Trinajstić information content (AvgIpc) is 2.51. The van der Waals surface area contributed by atoms with Crippen molar-refractivity contribution < 1.29 is 13.2 Å². The first-order chi connectivity index (χ1) is 11.4. The van der Waals surface area contributed by atoms with E-state index in [1.807, 2.05) is 20.8 Å². The largest absolute Gasteiger partial charge is 0.292 e. The summed E-state index contributed by atoms with van der Waals surface area (Å²) in [5, 5.41) is 0. The van der Waals surface area contributed by atoms with E-state index >= 15 is 0 Å². The Morgan fingerprint density at radius 2 is 1.72 bits per heavy atom. The summed E-state index contributed by atoms with van der Waals surface area (Å²) in [6.07, 6.45) is 0. The topological polar surface area (TPSA) is 63.6 Å². The third kappa shape index (κ3) is 4.01. The van der Waals surface area contributed by atoms with Gasteiger partial charge in [-0.3, -0.25) is 4.79 Å². The monoisotopic (exact) mass is 553 g/mol. The van der Waals surface area contributed by atoms with Crippen LogP contribution in [0.25, 0.3) is 0 Å². The Morgan fingerprint density at radius 3 is 2.20 bits per heavy atom. The standard InChI is InChI=1S/C17H18Br3NO3S/c1-9(2)12-13(18)16(22)17(4,20)15(19)14(12)21-25(23,24)11-7-5-10(3)6-8-11/h5-9,15H,1-4H3. The maximum absolute atomic E-state index is 12.8. The molecule has 2 unspecified atom stereocenters. The van der Waals surface area contributed by atoms with Crippen LogP contribution in [0.3, 0.4) is 0 Å². The fraction of sp³-hybridized carbons (Fsp3) is 0.412. The van der Waals surface area contributed by atoms with Crippen LogP contribution in [0.2, 0.25) is 0 Å². The van der Waals surface area contributed by atoms with E-state index < -0.39 is 19.2 Å². The van der Waals surface area contributed by atoms with Crippen LogP contribution in [0.1, 0.15) is 26.3 Å². The zero-order valence-corrected chi connectivity index (χ0v) is 19.8. The van der Waals surface area contributed by atoms with Crippen LogP contribution in [0.5, 0.6) is 0 Å². The summed E-state index contributed by atoms with van der Waals surface area (Å²) in [6, 6.07) is 6.53. The lowest BCUT2D eigenvalue weighted by molar-refractivity contribution is -0.116. The van der Waals surface area contributed by atoms with E-state index in [0.29, 0.717) is 15.8 Å². The number of nitrogens with zero attached hydrogens (tertiary/aromatic N) is 1. The third-order valence-electron chi connectivity index (χ3n) is 3.99. The minimum atomic E-state index is -3.90. The quantitative estimate of drug-likeness (QED) is 0.497. The molecule has 0 saturated heterocycles. The number of hydrogen-bond acceptors (Lipinski definition) is 3. The van der Waals surface area contributed by atoms with Gasteiger partial charge in [-0.1, -0.05) is 63.4 Å². The number of sulfonamides is 1. The number of alkyl halides is 2. The van der Waals surface area contributed by atoms with Crippen molar-refractivity contribution in [1.29, 1.82) is 0 Å². The molecule has 0 radical (unpaired) electrons. The molecule has 1 aromatic carbocycles. The van der Waals surface area contributed by atoms with Crippen LogP contribution in [0.4, 0.5) is 0 Å². The second kappa shape index (κ2) is 7.37. The van der Waals surface area contributed by atoms with Gasteiger partial charge in [-0.05, 0) is 53.4 Å². The summed E-state index contributed by atoms with van der Waals surface area (Å²) in [6.45, 7) is 7.38. The average molecular weight is 556 g/mol. The van der Waals surface area contributed by atoms with Gasteiger partial charge < -0.3 is 0 Å². The lowest BCUT2D eigenvalue weighted by atomic mass is 9.83. The van der Waals surface area contributed by atoms with Gasteiger partial charge >= 0.3 is 0 Å². The number of carbonyl (C=O) groups excluding carboxylic acids is 1. The summed E-state index contributed by atoms with van der Waals surface area (Å²) in [5.74, 6) is -0.223. The van der Waals surface area contributed by atoms with E-state index in [4.69, 9.17) is 0 Å². The second-order valence-electron chi connectivity index (χ2n) is 6.41. The number of halogens is 3. The first-order valence-corrected chi connectivity index (χ1v) is 11.5. The molecule has 2 atom stereocenters. The first kappa shape index (κ1) is 21.0. The Hall–Kier alpha value is -0.310. The van der Waals surface area contributed by atoms with Crippen LogP contribution in [-0.4, -0.2) is 29.1 Å². The second-order valence-corrected chi connectivity index (χ2v) is 11.4. The summed E-state index contributed by atoms with van der Waals surface area (Å²) in [5.41, 5.74) is 1.90. The van der Waals surface area contributed by atoms with Gasteiger partial charge in [0.1, 0.15) is 4.32 Å². The van der Waals surface area contributed by atoms with Gasteiger partial charge in [0.05, 0.1) is 19.9 Å². The smallest absolute Gasteiger partial charge is 0.282 e. The maximum Gasteiger partial charge on any atom is 0.282 e. The molecule has 4 nitrogen and oxygen atoms in total. The fourth-order valence-corrected chi connectivity index (χ4v) is 5.99. The number of ketones is 1. The van der Waals surface area contributed by atoms with E-state index in [0.717, 1.165) is 5.56 Å². The van der Waals surface area contributed by atoms with Gasteiger partial charge in [-0.2, -0.15) is 12.8 Å². The summed E-state index contributed by atoms with van der Waals surface area (Å²) in [4.78, 5) is 12.2. The Bertz CT molecular complexity index is 869. The molecular formula is C17H18Br3NO3S. The lowest BCUT2D eigenvalue weighted by Crippen LogP contribution is -2.48. The SMILES string of the molecule is Cc1ccc(S(=O)(=O)N=C2C(C(C)C)=C(Br)C(=O)C(C)(Br)C2Br)cc1. The minimum Gasteiger partial charge on any atom is -0.292 e. The number of allylic oxidation sites excluding steroid dienone is 2. The molecule has 0 heterocycles. The van der Waals surface area contributed by atoms with Gasteiger partial charge in [-0.15, -0.1) is 0 Å². The Kier molecular flexibility index (Phi) is 6.19. The molecule has 136 valence electrons. The van der Waals surface area contributed by atoms with Gasteiger partial charge in [0.2, 0.25) is 0 Å². The molecule has 1 aliphatic carbocycles. The predicted molar refractivity (Wildman–Crippen MR) is 112 cm³/mol. The van der Waals surface area contributed by atoms with Crippen molar-refractivity contribution in [3.05, 3.63) is 39.9 Å². The highest BCUT2D eigenvalue weighted by molar-refractivity contribution is 9.13.